The van der Waals surface area contributed by atoms with E-state index in [4.69, 9.17) is 0 Å². The Morgan fingerprint density at radius 1 is 1.00 bits per heavy atom. The van der Waals surface area contributed by atoms with Crippen molar-refractivity contribution in [2.45, 2.75) is 19.9 Å². The quantitative estimate of drug-likeness (QED) is 0.886. The number of rotatable bonds is 3. The number of carbonyl (C=O) groups excluding carboxylic acids is 3. The number of benzene rings is 2. The Morgan fingerprint density at radius 2 is 1.65 bits per heavy atom. The van der Waals surface area contributed by atoms with Crippen LogP contribution in [0.5, 0.6) is 0 Å². The summed E-state index contributed by atoms with van der Waals surface area (Å²) >= 11 is 0. The fourth-order valence-electron chi connectivity index (χ4n) is 2.61. The normalized spacial score (nSPS) is 14.6. The molecule has 0 saturated carbocycles. The molecule has 23 heavy (non-hydrogen) atoms. The van der Waals surface area contributed by atoms with E-state index in [1.54, 1.807) is 49.4 Å². The first-order chi connectivity index (χ1) is 11.0. The average molecular weight is 308 g/mol. The maximum absolute atomic E-state index is 12.5. The molecule has 0 radical (unpaired) electrons. The molecule has 1 N–H and O–H groups in total. The lowest BCUT2D eigenvalue weighted by atomic mass is 10.1. The van der Waals surface area contributed by atoms with Gasteiger partial charge in [-0.25, -0.2) is 0 Å². The SMILES string of the molecule is Cc1ccc2c(c1)C(=O)N(C(C)C(=O)Nc1ccccc1)C2=O. The highest BCUT2D eigenvalue weighted by atomic mass is 16.2. The monoisotopic (exact) mass is 308 g/mol. The summed E-state index contributed by atoms with van der Waals surface area (Å²) in [4.78, 5) is 38.3. The molecule has 0 aromatic heterocycles. The van der Waals surface area contributed by atoms with Crippen LogP contribution in [0.15, 0.2) is 48.5 Å². The van der Waals surface area contributed by atoms with E-state index in [2.05, 4.69) is 5.32 Å². The topological polar surface area (TPSA) is 66.5 Å². The second kappa shape index (κ2) is 5.68. The number of amides is 3. The Labute approximate surface area is 133 Å². The van der Waals surface area contributed by atoms with Gasteiger partial charge in [0.15, 0.2) is 0 Å². The molecule has 3 amide bonds. The first kappa shape index (κ1) is 15.0. The standard InChI is InChI=1S/C18H16N2O3/c1-11-8-9-14-15(10-11)18(23)20(17(14)22)12(2)16(21)19-13-6-4-3-5-7-13/h3-10,12H,1-2H3,(H,19,21). The van der Waals surface area contributed by atoms with Crippen LogP contribution in [0.25, 0.3) is 0 Å². The molecule has 1 atom stereocenters. The minimum atomic E-state index is -0.886. The van der Waals surface area contributed by atoms with Crippen molar-refractivity contribution in [3.63, 3.8) is 0 Å². The summed E-state index contributed by atoms with van der Waals surface area (Å²) in [5, 5.41) is 2.71. The van der Waals surface area contributed by atoms with Crippen LogP contribution >= 0.6 is 0 Å². The Kier molecular flexibility index (Phi) is 3.70. The number of anilines is 1. The molecule has 0 saturated heterocycles. The molecule has 5 nitrogen and oxygen atoms in total. The van der Waals surface area contributed by atoms with Crippen LogP contribution in [0.3, 0.4) is 0 Å². The summed E-state index contributed by atoms with van der Waals surface area (Å²) in [7, 11) is 0. The molecule has 0 fully saturated rings. The van der Waals surface area contributed by atoms with Crippen molar-refractivity contribution in [3.05, 3.63) is 65.2 Å². The fourth-order valence-corrected chi connectivity index (χ4v) is 2.61. The number of fused-ring (bicyclic) bond motifs is 1. The van der Waals surface area contributed by atoms with Gasteiger partial charge in [0.1, 0.15) is 6.04 Å². The van der Waals surface area contributed by atoms with E-state index in [9.17, 15) is 14.4 Å². The maximum Gasteiger partial charge on any atom is 0.262 e. The van der Waals surface area contributed by atoms with Gasteiger partial charge in [0.05, 0.1) is 11.1 Å². The lowest BCUT2D eigenvalue weighted by Gasteiger charge is -2.21. The van der Waals surface area contributed by atoms with Crippen LogP contribution in [-0.4, -0.2) is 28.7 Å². The van der Waals surface area contributed by atoms with Gasteiger partial charge in [0.25, 0.3) is 11.8 Å². The van der Waals surface area contributed by atoms with Crippen molar-refractivity contribution in [2.24, 2.45) is 0 Å². The maximum atomic E-state index is 12.5. The molecule has 2 aromatic carbocycles. The molecule has 1 aliphatic rings. The van der Waals surface area contributed by atoms with Crippen molar-refractivity contribution in [2.75, 3.05) is 5.32 Å². The van der Waals surface area contributed by atoms with Crippen molar-refractivity contribution in [1.82, 2.24) is 4.90 Å². The molecule has 5 heteroatoms. The van der Waals surface area contributed by atoms with Crippen LogP contribution in [0.1, 0.15) is 33.2 Å². The second-order valence-electron chi connectivity index (χ2n) is 5.56. The number of hydrogen-bond acceptors (Lipinski definition) is 3. The molecule has 0 spiro atoms. The number of carbonyl (C=O) groups is 3. The molecule has 3 rings (SSSR count). The van der Waals surface area contributed by atoms with Crippen LogP contribution in [0, 0.1) is 6.92 Å². The third-order valence-corrected chi connectivity index (χ3v) is 3.88. The van der Waals surface area contributed by atoms with Gasteiger partial charge in [-0.1, -0.05) is 29.8 Å². The number of imide groups is 1. The van der Waals surface area contributed by atoms with E-state index in [0.717, 1.165) is 10.5 Å². The van der Waals surface area contributed by atoms with Crippen molar-refractivity contribution in [1.29, 1.82) is 0 Å². The summed E-state index contributed by atoms with van der Waals surface area (Å²) in [6.07, 6.45) is 0. The van der Waals surface area contributed by atoms with E-state index in [0.29, 0.717) is 16.8 Å². The lowest BCUT2D eigenvalue weighted by molar-refractivity contribution is -0.119. The van der Waals surface area contributed by atoms with Gasteiger partial charge in [-0.3, -0.25) is 19.3 Å². The highest BCUT2D eigenvalue weighted by Crippen LogP contribution is 2.26. The Balaban J connectivity index is 1.83. The van der Waals surface area contributed by atoms with Gasteiger partial charge in [0, 0.05) is 5.69 Å². The van der Waals surface area contributed by atoms with E-state index < -0.39 is 23.8 Å². The average Bonchev–Trinajstić information content (AvgIpc) is 2.78. The summed E-state index contributed by atoms with van der Waals surface area (Å²) in [5.74, 6) is -1.26. The smallest absolute Gasteiger partial charge is 0.262 e. The summed E-state index contributed by atoms with van der Waals surface area (Å²) in [6.45, 7) is 3.40. The van der Waals surface area contributed by atoms with Crippen LogP contribution in [-0.2, 0) is 4.79 Å². The number of para-hydroxylation sites is 1. The summed E-state index contributed by atoms with van der Waals surface area (Å²) < 4.78 is 0. The number of aryl methyl sites for hydroxylation is 1. The summed E-state index contributed by atoms with van der Waals surface area (Å²) in [6, 6.07) is 13.1. The zero-order valence-corrected chi connectivity index (χ0v) is 12.9. The highest BCUT2D eigenvalue weighted by Gasteiger charge is 2.40. The second-order valence-corrected chi connectivity index (χ2v) is 5.56. The van der Waals surface area contributed by atoms with Crippen molar-refractivity contribution in [3.8, 4) is 0 Å². The molecular formula is C18H16N2O3. The van der Waals surface area contributed by atoms with E-state index in [1.165, 1.54) is 0 Å². The summed E-state index contributed by atoms with van der Waals surface area (Å²) in [5.41, 5.74) is 2.22. The largest absolute Gasteiger partial charge is 0.324 e. The van der Waals surface area contributed by atoms with Gasteiger partial charge in [-0.2, -0.15) is 0 Å². The van der Waals surface area contributed by atoms with E-state index in [1.807, 2.05) is 13.0 Å². The van der Waals surface area contributed by atoms with Crippen molar-refractivity contribution >= 4 is 23.4 Å². The molecule has 116 valence electrons. The van der Waals surface area contributed by atoms with Crippen LogP contribution in [0.4, 0.5) is 5.69 Å². The van der Waals surface area contributed by atoms with Crippen LogP contribution in [0.2, 0.25) is 0 Å². The number of nitrogens with one attached hydrogen (secondary N) is 1. The van der Waals surface area contributed by atoms with Crippen molar-refractivity contribution < 1.29 is 14.4 Å². The lowest BCUT2D eigenvalue weighted by Crippen LogP contribution is -2.45. The molecule has 0 aliphatic carbocycles. The minimum absolute atomic E-state index is 0.347. The van der Waals surface area contributed by atoms with Gasteiger partial charge in [0.2, 0.25) is 5.91 Å². The zero-order valence-electron chi connectivity index (χ0n) is 12.9. The first-order valence-corrected chi connectivity index (χ1v) is 7.33. The third kappa shape index (κ3) is 2.61. The van der Waals surface area contributed by atoms with Gasteiger partial charge in [-0.05, 0) is 38.1 Å². The number of hydrogen-bond donors (Lipinski definition) is 1. The molecule has 1 unspecified atom stereocenters. The molecule has 0 bridgehead atoms. The molecule has 1 aliphatic heterocycles. The van der Waals surface area contributed by atoms with Gasteiger partial charge >= 0.3 is 0 Å². The van der Waals surface area contributed by atoms with E-state index in [-0.39, 0.29) is 0 Å². The minimum Gasteiger partial charge on any atom is -0.324 e. The van der Waals surface area contributed by atoms with Gasteiger partial charge in [-0.15, -0.1) is 0 Å². The fraction of sp³-hybridized carbons (Fsp3) is 0.167. The molecule has 2 aromatic rings. The zero-order chi connectivity index (χ0) is 16.6. The Hall–Kier alpha value is -2.95. The third-order valence-electron chi connectivity index (χ3n) is 3.88. The highest BCUT2D eigenvalue weighted by molar-refractivity contribution is 6.23. The predicted molar refractivity (Wildman–Crippen MR) is 86.2 cm³/mol. The predicted octanol–water partition coefficient (Wildman–Crippen LogP) is 2.62. The molecule has 1 heterocycles. The van der Waals surface area contributed by atoms with Crippen LogP contribution < -0.4 is 5.32 Å². The Bertz CT molecular complexity index is 799. The molecular weight excluding hydrogens is 292 g/mol. The Morgan fingerprint density at radius 3 is 2.35 bits per heavy atom. The van der Waals surface area contributed by atoms with E-state index >= 15 is 0 Å². The first-order valence-electron chi connectivity index (χ1n) is 7.33. The van der Waals surface area contributed by atoms with Gasteiger partial charge < -0.3 is 5.32 Å². The number of nitrogens with zero attached hydrogens (tertiary/aromatic N) is 1.